The van der Waals surface area contributed by atoms with Crippen LogP contribution in [0.5, 0.6) is 0 Å². The number of H-pyrrole nitrogens is 1. The number of carbonyl (C=O) groups excluding carboxylic acids is 2. The zero-order chi connectivity index (χ0) is 49.9. The van der Waals surface area contributed by atoms with Crippen LogP contribution in [0.4, 0.5) is 4.39 Å². The highest BCUT2D eigenvalue weighted by molar-refractivity contribution is 9.10. The van der Waals surface area contributed by atoms with E-state index in [4.69, 9.17) is 1.37 Å². The van der Waals surface area contributed by atoms with Gasteiger partial charge in [0.05, 0.1) is 19.6 Å². The number of aldehydes is 2. The van der Waals surface area contributed by atoms with Crippen molar-refractivity contribution in [3.8, 4) is 5.69 Å². The monoisotopic (exact) mass is 994 g/mol. The average molecular weight is 995 g/mol. The highest BCUT2D eigenvalue weighted by Crippen LogP contribution is 2.34. The quantitative estimate of drug-likeness (QED) is 0.0513. The number of nitrogens with zero attached hydrogens (tertiary/aromatic N) is 1. The van der Waals surface area contributed by atoms with Gasteiger partial charge in [0, 0.05) is 53.9 Å². The largest absolute Gasteiger partial charge is 0.355 e. The lowest BCUT2D eigenvalue weighted by atomic mass is 10.0. The molecule has 0 saturated heterocycles. The number of fused-ring (bicyclic) bond motifs is 6. The van der Waals surface area contributed by atoms with Gasteiger partial charge in [-0.05, 0) is 159 Å². The van der Waals surface area contributed by atoms with Gasteiger partial charge in [0.2, 0.25) is 0 Å². The van der Waals surface area contributed by atoms with Crippen molar-refractivity contribution in [2.45, 2.75) is 156 Å². The van der Waals surface area contributed by atoms with Crippen molar-refractivity contribution in [2.75, 3.05) is 7.15 Å². The minimum Gasteiger partial charge on any atom is -0.355 e. The number of carbonyl (C=O) groups is 2. The second-order valence-corrected chi connectivity index (χ2v) is 19.5. The minimum absolute atomic E-state index is 0.707. The van der Waals surface area contributed by atoms with Crippen LogP contribution in [-0.2, 0) is 25.7 Å². The Bertz CT molecular complexity index is 2640. The molecule has 0 aliphatic carbocycles. The van der Waals surface area contributed by atoms with Crippen LogP contribution in [0.1, 0.15) is 175 Å². The van der Waals surface area contributed by atoms with Crippen LogP contribution in [0.25, 0.3) is 49.3 Å². The van der Waals surface area contributed by atoms with Gasteiger partial charge in [-0.1, -0.05) is 157 Å². The molecule has 1 N–H and O–H groups in total. The van der Waals surface area contributed by atoms with Crippen molar-refractivity contribution >= 4 is 72.1 Å². The normalized spacial score (nSPS) is 11.1. The molecule has 6 aromatic carbocycles. The molecule has 0 amide bonds. The van der Waals surface area contributed by atoms with E-state index in [1.165, 1.54) is 181 Å². The van der Waals surface area contributed by atoms with Crippen LogP contribution < -0.4 is 0 Å². The number of hydrogen-bond acceptors (Lipinski definition) is 2. The molecular weight excluding hydrogens is 916 g/mol. The van der Waals surface area contributed by atoms with Gasteiger partial charge in [0.25, 0.3) is 0 Å². The first-order valence-corrected chi connectivity index (χ1v) is 26.8. The number of rotatable bonds is 23. The molecule has 0 atom stereocenters. The summed E-state index contributed by atoms with van der Waals surface area (Å²) < 4.78 is 18.8. The highest BCUT2D eigenvalue weighted by atomic mass is 79.9. The molecule has 0 saturated carbocycles. The Hall–Kier alpha value is -5.33. The lowest BCUT2D eigenvalue weighted by Crippen LogP contribution is -1.95. The Morgan fingerprint density at radius 3 is 1.14 bits per heavy atom. The second kappa shape index (κ2) is 30.3. The van der Waals surface area contributed by atoms with Crippen LogP contribution in [0.2, 0.25) is 0 Å². The fourth-order valence-corrected chi connectivity index (χ4v) is 9.54. The predicted octanol–water partition coefficient (Wildman–Crippen LogP) is 19.3. The van der Waals surface area contributed by atoms with Crippen molar-refractivity contribution in [3.05, 3.63) is 159 Å². The van der Waals surface area contributed by atoms with Crippen molar-refractivity contribution in [1.82, 2.24) is 9.55 Å². The molecule has 0 spiro atoms. The molecule has 4 nitrogen and oxygen atoms in total. The molecule has 69 heavy (non-hydrogen) atoms. The molecule has 0 unspecified atom stereocenters. The molecular formula is C63H78BrFN2O2. The number of nitrogens with one attached hydrogen (secondary N) is 1. The third kappa shape index (κ3) is 16.4. The van der Waals surface area contributed by atoms with E-state index >= 15 is 0 Å². The van der Waals surface area contributed by atoms with Gasteiger partial charge in [-0.3, -0.25) is 14.0 Å². The molecule has 0 fully saturated rings. The fourth-order valence-electron chi connectivity index (χ4n) is 9.28. The molecule has 366 valence electrons. The number of benzene rings is 6. The van der Waals surface area contributed by atoms with E-state index in [9.17, 15) is 14.0 Å². The number of hydrogen-bond donors (Lipinski definition) is 1. The first kappa shape index (κ1) is 53.0. The maximum Gasteiger partial charge on any atom is 0.150 e. The first-order valence-electron chi connectivity index (χ1n) is 26.7. The molecule has 2 heterocycles. The summed E-state index contributed by atoms with van der Waals surface area (Å²) in [4.78, 5) is 24.8. The summed E-state index contributed by atoms with van der Waals surface area (Å²) in [5.74, 6) is 0. The molecule has 0 radical (unpaired) electrons. The number of unbranched alkanes of at least 4 members (excludes halogenated alkanes) is 12. The highest BCUT2D eigenvalue weighted by Gasteiger charge is 2.14. The van der Waals surface area contributed by atoms with Crippen molar-refractivity contribution < 1.29 is 15.4 Å². The van der Waals surface area contributed by atoms with Crippen molar-refractivity contribution in [1.29, 1.82) is 0 Å². The molecule has 0 aliphatic rings. The standard InChI is InChI=1S/C31H37NO.C24H33N.C7H5BrO.CH3F/c1-3-5-7-9-11-24-15-19-30-28(21-24)29-22-25(12-10-8-6-4-2)16-20-31(29)32(30)27-17-13-26(23-33)14-18-27;1-3-5-7-9-11-19-13-15-23-21(17-19)22-18-20(12-10-8-6-4-2)14-16-24(22)25-23;8-7-3-1-6(5-9)2-4-7;1-2/h13-23H,3-12H2,1-2H3;13-18,25H,3-12H2,1-2H3;1-5H;1H3/i;;;1D. The van der Waals surface area contributed by atoms with Crippen LogP contribution >= 0.6 is 15.9 Å². The van der Waals surface area contributed by atoms with E-state index in [1.807, 2.05) is 24.3 Å². The average Bonchev–Trinajstić information content (AvgIpc) is 3.92. The molecule has 8 aromatic rings. The zero-order valence-corrected chi connectivity index (χ0v) is 43.7. The van der Waals surface area contributed by atoms with Crippen LogP contribution in [0.3, 0.4) is 0 Å². The third-order valence-electron chi connectivity index (χ3n) is 13.2. The van der Waals surface area contributed by atoms with Crippen LogP contribution in [-0.4, -0.2) is 29.3 Å². The minimum atomic E-state index is -1.00. The molecule has 6 heteroatoms. The van der Waals surface area contributed by atoms with Gasteiger partial charge >= 0.3 is 0 Å². The summed E-state index contributed by atoms with van der Waals surface area (Å²) in [7, 11) is -1.00. The molecule has 0 aliphatic heterocycles. The summed E-state index contributed by atoms with van der Waals surface area (Å²) >= 11 is 3.26. The van der Waals surface area contributed by atoms with Gasteiger partial charge in [0.1, 0.15) is 12.6 Å². The number of halogens is 2. The Morgan fingerprint density at radius 1 is 0.464 bits per heavy atom. The summed E-state index contributed by atoms with van der Waals surface area (Å²) in [5.41, 5.74) is 13.4. The van der Waals surface area contributed by atoms with Crippen molar-refractivity contribution in [3.63, 3.8) is 0 Å². The van der Waals surface area contributed by atoms with E-state index < -0.39 is 7.15 Å². The topological polar surface area (TPSA) is 54.9 Å². The first-order chi connectivity index (χ1) is 34.3. The lowest BCUT2D eigenvalue weighted by Gasteiger charge is -2.09. The van der Waals surface area contributed by atoms with Gasteiger partial charge in [0.15, 0.2) is 0 Å². The number of aromatic nitrogens is 2. The molecule has 8 rings (SSSR count). The van der Waals surface area contributed by atoms with E-state index in [0.717, 1.165) is 35.6 Å². The summed E-state index contributed by atoms with van der Waals surface area (Å²) in [6.45, 7) is 9.08. The predicted molar refractivity (Wildman–Crippen MR) is 300 cm³/mol. The van der Waals surface area contributed by atoms with E-state index in [0.29, 0.717) is 11.1 Å². The van der Waals surface area contributed by atoms with E-state index in [-0.39, 0.29) is 0 Å². The Morgan fingerprint density at radius 2 is 0.797 bits per heavy atom. The summed E-state index contributed by atoms with van der Waals surface area (Å²) in [5, 5.41) is 5.48. The van der Waals surface area contributed by atoms with Crippen LogP contribution in [0, 0.1) is 0 Å². The lowest BCUT2D eigenvalue weighted by molar-refractivity contribution is 0.111. The van der Waals surface area contributed by atoms with E-state index in [1.54, 1.807) is 12.1 Å². The Kier molecular flexibility index (Phi) is 23.3. The number of aromatic amines is 1. The maximum absolute atomic E-state index is 11.2. The third-order valence-corrected chi connectivity index (χ3v) is 13.7. The van der Waals surface area contributed by atoms with Gasteiger partial charge < -0.3 is 9.55 Å². The second-order valence-electron chi connectivity index (χ2n) is 18.5. The fraction of sp³-hybridized carbons (Fsp3) is 0.397. The van der Waals surface area contributed by atoms with Gasteiger partial charge in [-0.25, -0.2) is 0 Å². The van der Waals surface area contributed by atoms with Gasteiger partial charge in [-0.2, -0.15) is 0 Å². The Labute approximate surface area is 423 Å². The van der Waals surface area contributed by atoms with Crippen LogP contribution in [0.15, 0.2) is 126 Å². The number of aryl methyl sites for hydroxylation is 4. The number of alkyl halides is 1. The summed E-state index contributed by atoms with van der Waals surface area (Å²) in [6.07, 6.45) is 27.4. The zero-order valence-electron chi connectivity index (χ0n) is 43.1. The Balaban J connectivity index is 0.000000216. The van der Waals surface area contributed by atoms with E-state index in [2.05, 4.69) is 138 Å². The smallest absolute Gasteiger partial charge is 0.150 e. The summed E-state index contributed by atoms with van der Waals surface area (Å²) in [6, 6.07) is 43.1. The van der Waals surface area contributed by atoms with Crippen molar-refractivity contribution in [2.24, 2.45) is 0 Å². The molecule has 2 aromatic heterocycles. The SMILES string of the molecule is CCCCCCc1ccc2[nH]c3ccc(CCCCCC)cc3c2c1.CCCCCCc1ccc2c(c1)c1cc(CCCCCC)ccc1n2-c1ccc(C=O)cc1.O=Cc1ccc(Br)cc1.[2H]CF. The van der Waals surface area contributed by atoms with Gasteiger partial charge in [-0.15, -0.1) is 0 Å². The molecule has 0 bridgehead atoms. The maximum atomic E-state index is 11.2.